The van der Waals surface area contributed by atoms with Crippen LogP contribution in [-0.4, -0.2) is 43.4 Å². The normalized spacial score (nSPS) is 13.3. The number of rotatable bonds is 7. The molecule has 1 amide bonds. The number of benzene rings is 2. The third-order valence-corrected chi connectivity index (χ3v) is 4.21. The van der Waals surface area contributed by atoms with Gasteiger partial charge in [0, 0.05) is 17.8 Å². The monoisotopic (exact) mass is 411 g/mol. The summed E-state index contributed by atoms with van der Waals surface area (Å²) >= 11 is 0. The summed E-state index contributed by atoms with van der Waals surface area (Å²) in [4.78, 5) is 25.4. The molecule has 0 spiro atoms. The molecule has 29 heavy (non-hydrogen) atoms. The lowest BCUT2D eigenvalue weighted by atomic mass is 9.93. The van der Waals surface area contributed by atoms with Crippen molar-refractivity contribution in [1.29, 1.82) is 0 Å². The van der Waals surface area contributed by atoms with Crippen LogP contribution in [0.25, 0.3) is 0 Å². The van der Waals surface area contributed by atoms with Gasteiger partial charge in [0.25, 0.3) is 11.5 Å². The van der Waals surface area contributed by atoms with E-state index in [9.17, 15) is 27.9 Å². The van der Waals surface area contributed by atoms with Crippen molar-refractivity contribution in [3.8, 4) is 5.75 Å². The van der Waals surface area contributed by atoms with Gasteiger partial charge in [0.2, 0.25) is 0 Å². The molecule has 0 bridgehead atoms. The van der Waals surface area contributed by atoms with Crippen LogP contribution in [0.5, 0.6) is 5.75 Å². The molecule has 0 aliphatic carbocycles. The number of carbonyl (C=O) groups is 2. The zero-order valence-corrected chi connectivity index (χ0v) is 15.8. The van der Waals surface area contributed by atoms with Crippen molar-refractivity contribution in [2.24, 2.45) is 0 Å². The molecule has 0 unspecified atom stereocenters. The largest absolute Gasteiger partial charge is 0.484 e. The van der Waals surface area contributed by atoms with Crippen molar-refractivity contribution in [2.75, 3.05) is 25.2 Å². The highest BCUT2D eigenvalue weighted by Gasteiger charge is 2.62. The molecule has 9 heteroatoms. The van der Waals surface area contributed by atoms with Crippen LogP contribution >= 0.6 is 0 Å². The topological polar surface area (TPSA) is 76.1 Å². The number of esters is 1. The SMILES string of the molecule is CCN(C(=O)COc1ccccc1)c1ccc([C@](O)(C(=O)OC)C(F)(F)F)cc1. The first-order valence-corrected chi connectivity index (χ1v) is 8.61. The first-order valence-electron chi connectivity index (χ1n) is 8.61. The highest BCUT2D eigenvalue weighted by Crippen LogP contribution is 2.40. The number of anilines is 1. The second kappa shape index (κ2) is 8.95. The van der Waals surface area contributed by atoms with E-state index >= 15 is 0 Å². The predicted molar refractivity (Wildman–Crippen MR) is 98.4 cm³/mol. The van der Waals surface area contributed by atoms with E-state index in [0.717, 1.165) is 19.2 Å². The maximum Gasteiger partial charge on any atom is 0.432 e. The number of carbonyl (C=O) groups excluding carboxylic acids is 2. The van der Waals surface area contributed by atoms with E-state index in [0.29, 0.717) is 5.75 Å². The van der Waals surface area contributed by atoms with E-state index in [1.54, 1.807) is 37.3 Å². The molecule has 0 heterocycles. The molecule has 0 fully saturated rings. The zero-order valence-electron chi connectivity index (χ0n) is 15.8. The Balaban J connectivity index is 2.22. The zero-order chi connectivity index (χ0) is 21.7. The number of hydrogen-bond donors (Lipinski definition) is 1. The van der Waals surface area contributed by atoms with Gasteiger partial charge in [0.1, 0.15) is 5.75 Å². The van der Waals surface area contributed by atoms with Crippen LogP contribution in [0.15, 0.2) is 54.6 Å². The summed E-state index contributed by atoms with van der Waals surface area (Å²) in [7, 11) is 0.748. The number of hydrogen-bond acceptors (Lipinski definition) is 5. The molecular weight excluding hydrogens is 391 g/mol. The van der Waals surface area contributed by atoms with Gasteiger partial charge in [-0.3, -0.25) is 4.79 Å². The molecular formula is C20H20F3NO5. The van der Waals surface area contributed by atoms with E-state index < -0.39 is 29.2 Å². The minimum atomic E-state index is -5.29. The smallest absolute Gasteiger partial charge is 0.432 e. The fourth-order valence-electron chi connectivity index (χ4n) is 2.67. The highest BCUT2D eigenvalue weighted by molar-refractivity contribution is 5.94. The van der Waals surface area contributed by atoms with E-state index in [2.05, 4.69) is 4.74 Å². The molecule has 0 aliphatic heterocycles. The fourth-order valence-corrected chi connectivity index (χ4v) is 2.67. The number of alkyl halides is 3. The quantitative estimate of drug-likeness (QED) is 0.709. The fraction of sp³-hybridized carbons (Fsp3) is 0.300. The van der Waals surface area contributed by atoms with Crippen molar-refractivity contribution >= 4 is 17.6 Å². The minimum Gasteiger partial charge on any atom is -0.484 e. The average Bonchev–Trinajstić information content (AvgIpc) is 2.72. The number of nitrogens with zero attached hydrogens (tertiary/aromatic N) is 1. The number of aliphatic hydroxyl groups is 1. The van der Waals surface area contributed by atoms with Gasteiger partial charge in [0.15, 0.2) is 6.61 Å². The number of ether oxygens (including phenoxy) is 2. The Morgan fingerprint density at radius 3 is 2.10 bits per heavy atom. The first kappa shape index (κ1) is 22.2. The molecule has 6 nitrogen and oxygen atoms in total. The van der Waals surface area contributed by atoms with Crippen LogP contribution in [0.1, 0.15) is 12.5 Å². The summed E-state index contributed by atoms with van der Waals surface area (Å²) in [5.41, 5.74) is -4.24. The molecule has 2 aromatic rings. The minimum absolute atomic E-state index is 0.233. The van der Waals surface area contributed by atoms with Gasteiger partial charge in [-0.1, -0.05) is 30.3 Å². The van der Waals surface area contributed by atoms with Crippen molar-refractivity contribution < 1.29 is 37.3 Å². The third-order valence-electron chi connectivity index (χ3n) is 4.21. The molecule has 0 saturated carbocycles. The molecule has 156 valence electrons. The predicted octanol–water partition coefficient (Wildman–Crippen LogP) is 3.04. The van der Waals surface area contributed by atoms with E-state index in [1.165, 1.54) is 17.0 Å². The summed E-state index contributed by atoms with van der Waals surface area (Å²) in [6.45, 7) is 1.65. The highest BCUT2D eigenvalue weighted by atomic mass is 19.4. The van der Waals surface area contributed by atoms with E-state index in [-0.39, 0.29) is 18.8 Å². The Morgan fingerprint density at radius 2 is 1.62 bits per heavy atom. The van der Waals surface area contributed by atoms with Gasteiger partial charge in [-0.25, -0.2) is 4.79 Å². The lowest BCUT2D eigenvalue weighted by Crippen LogP contribution is -2.49. The summed E-state index contributed by atoms with van der Waals surface area (Å²) < 4.78 is 49.4. The van der Waals surface area contributed by atoms with E-state index in [4.69, 9.17) is 4.74 Å². The maximum atomic E-state index is 13.3. The Bertz CT molecular complexity index is 839. The summed E-state index contributed by atoms with van der Waals surface area (Å²) in [6, 6.07) is 12.9. The number of para-hydroxylation sites is 1. The molecule has 2 aromatic carbocycles. The number of amides is 1. The van der Waals surface area contributed by atoms with Crippen molar-refractivity contribution in [1.82, 2.24) is 0 Å². The summed E-state index contributed by atoms with van der Waals surface area (Å²) in [6.07, 6.45) is -5.29. The Morgan fingerprint density at radius 1 is 1.03 bits per heavy atom. The standard InChI is InChI=1S/C20H20F3NO5/c1-3-24(17(25)13-29-16-7-5-4-6-8-16)15-11-9-14(10-12-15)19(27,18(26)28-2)20(21,22)23/h4-12,27H,3,13H2,1-2H3/t19-/m0/s1. The molecule has 0 radical (unpaired) electrons. The second-order valence-electron chi connectivity index (χ2n) is 5.99. The molecule has 1 atom stereocenters. The van der Waals surface area contributed by atoms with Gasteiger partial charge in [-0.05, 0) is 31.2 Å². The number of halogens is 3. The van der Waals surface area contributed by atoms with E-state index in [1.807, 2.05) is 0 Å². The number of likely N-dealkylation sites (N-methyl/N-ethyl adjacent to an activating group) is 1. The molecule has 2 rings (SSSR count). The third kappa shape index (κ3) is 4.68. The van der Waals surface area contributed by atoms with Crippen molar-refractivity contribution in [2.45, 2.75) is 18.7 Å². The Hall–Kier alpha value is -3.07. The van der Waals surface area contributed by atoms with Crippen LogP contribution in [0.3, 0.4) is 0 Å². The Kier molecular flexibility index (Phi) is 6.86. The summed E-state index contributed by atoms with van der Waals surface area (Å²) in [5.74, 6) is -1.76. The van der Waals surface area contributed by atoms with Crippen LogP contribution in [0, 0.1) is 0 Å². The molecule has 0 saturated heterocycles. The lowest BCUT2D eigenvalue weighted by molar-refractivity contribution is -0.266. The van der Waals surface area contributed by atoms with Crippen molar-refractivity contribution in [3.05, 3.63) is 60.2 Å². The Labute approximate surface area is 165 Å². The summed E-state index contributed by atoms with van der Waals surface area (Å²) in [5, 5.41) is 9.99. The molecule has 1 N–H and O–H groups in total. The average molecular weight is 411 g/mol. The van der Waals surface area contributed by atoms with Crippen LogP contribution in [0.4, 0.5) is 18.9 Å². The van der Waals surface area contributed by atoms with Crippen LogP contribution in [-0.2, 0) is 19.9 Å². The second-order valence-corrected chi connectivity index (χ2v) is 5.99. The van der Waals surface area contributed by atoms with Gasteiger partial charge < -0.3 is 19.5 Å². The van der Waals surface area contributed by atoms with Crippen LogP contribution < -0.4 is 9.64 Å². The van der Waals surface area contributed by atoms with Gasteiger partial charge in [-0.15, -0.1) is 0 Å². The van der Waals surface area contributed by atoms with Crippen molar-refractivity contribution in [3.63, 3.8) is 0 Å². The first-order chi connectivity index (χ1) is 13.6. The van der Waals surface area contributed by atoms with Crippen LogP contribution in [0.2, 0.25) is 0 Å². The van der Waals surface area contributed by atoms with Gasteiger partial charge in [-0.2, -0.15) is 13.2 Å². The molecule has 0 aromatic heterocycles. The van der Waals surface area contributed by atoms with Gasteiger partial charge >= 0.3 is 12.1 Å². The lowest BCUT2D eigenvalue weighted by Gasteiger charge is -2.28. The van der Waals surface area contributed by atoms with Gasteiger partial charge in [0.05, 0.1) is 7.11 Å². The number of methoxy groups -OCH3 is 1. The molecule has 0 aliphatic rings. The maximum absolute atomic E-state index is 13.3.